The molecule has 0 aliphatic carbocycles. The summed E-state index contributed by atoms with van der Waals surface area (Å²) in [5, 5.41) is 0. The average molecular weight is 396 g/mol. The minimum atomic E-state index is 0.0304. The quantitative estimate of drug-likeness (QED) is 0.753. The Morgan fingerprint density at radius 3 is 2.76 bits per heavy atom. The van der Waals surface area contributed by atoms with Crippen molar-refractivity contribution in [1.29, 1.82) is 0 Å². The number of carbonyl (C=O) groups excluding carboxylic acids is 1. The normalized spacial score (nSPS) is 19.3. The van der Waals surface area contributed by atoms with Crippen LogP contribution in [0, 0.1) is 6.92 Å². The van der Waals surface area contributed by atoms with Crippen LogP contribution in [-0.2, 0) is 16.0 Å². The Hall–Kier alpha value is -2.44. The molecule has 2 aliphatic rings. The molecule has 154 valence electrons. The van der Waals surface area contributed by atoms with Crippen LogP contribution >= 0.6 is 0 Å². The molecule has 2 fully saturated rings. The van der Waals surface area contributed by atoms with Gasteiger partial charge in [-0.25, -0.2) is 0 Å². The van der Waals surface area contributed by atoms with Gasteiger partial charge in [-0.2, -0.15) is 0 Å². The molecule has 1 amide bonds. The maximum Gasteiger partial charge on any atom is 0.254 e. The van der Waals surface area contributed by atoms with Gasteiger partial charge in [0.1, 0.15) is 0 Å². The SMILES string of the molecule is Cc1cc(C(=O)N(Cc2ccccn2)CC2CCCO2)ccc1N1CCOCC1. The molecule has 2 aliphatic heterocycles. The summed E-state index contributed by atoms with van der Waals surface area (Å²) in [6, 6.07) is 11.8. The molecule has 0 bridgehead atoms. The first-order valence-corrected chi connectivity index (χ1v) is 10.4. The van der Waals surface area contributed by atoms with Crippen LogP contribution in [0.25, 0.3) is 0 Å². The fourth-order valence-corrected chi connectivity index (χ4v) is 4.07. The average Bonchev–Trinajstić information content (AvgIpc) is 3.27. The first-order chi connectivity index (χ1) is 14.2. The van der Waals surface area contributed by atoms with Gasteiger partial charge in [-0.15, -0.1) is 0 Å². The molecule has 3 heterocycles. The van der Waals surface area contributed by atoms with Crippen LogP contribution in [0.1, 0.15) is 34.5 Å². The number of pyridine rings is 1. The molecular weight excluding hydrogens is 366 g/mol. The highest BCUT2D eigenvalue weighted by Crippen LogP contribution is 2.24. The molecule has 0 spiro atoms. The van der Waals surface area contributed by atoms with E-state index in [-0.39, 0.29) is 12.0 Å². The van der Waals surface area contributed by atoms with Gasteiger partial charge < -0.3 is 19.3 Å². The van der Waals surface area contributed by atoms with Gasteiger partial charge in [0.05, 0.1) is 31.6 Å². The molecule has 0 N–H and O–H groups in total. The first kappa shape index (κ1) is 19.9. The number of hydrogen-bond donors (Lipinski definition) is 0. The Morgan fingerprint density at radius 1 is 1.21 bits per heavy atom. The maximum atomic E-state index is 13.4. The van der Waals surface area contributed by atoms with E-state index in [1.54, 1.807) is 6.20 Å². The van der Waals surface area contributed by atoms with Crippen LogP contribution < -0.4 is 4.90 Å². The van der Waals surface area contributed by atoms with Gasteiger partial charge in [-0.3, -0.25) is 9.78 Å². The molecular formula is C23H29N3O3. The molecule has 2 saturated heterocycles. The fourth-order valence-electron chi connectivity index (χ4n) is 4.07. The number of nitrogens with zero attached hydrogens (tertiary/aromatic N) is 3. The number of morpholine rings is 1. The molecule has 29 heavy (non-hydrogen) atoms. The molecule has 1 unspecified atom stereocenters. The second kappa shape index (κ2) is 9.37. The van der Waals surface area contributed by atoms with E-state index < -0.39 is 0 Å². The molecule has 2 aromatic rings. The van der Waals surface area contributed by atoms with E-state index in [9.17, 15) is 4.79 Å². The summed E-state index contributed by atoms with van der Waals surface area (Å²) < 4.78 is 11.3. The number of carbonyl (C=O) groups is 1. The zero-order valence-electron chi connectivity index (χ0n) is 17.0. The van der Waals surface area contributed by atoms with Crippen LogP contribution in [0.15, 0.2) is 42.6 Å². The number of rotatable bonds is 6. The Bertz CT molecular complexity index is 815. The molecule has 6 nitrogen and oxygen atoms in total. The van der Waals surface area contributed by atoms with E-state index >= 15 is 0 Å². The summed E-state index contributed by atoms with van der Waals surface area (Å²) in [5.41, 5.74) is 3.90. The van der Waals surface area contributed by atoms with Gasteiger partial charge in [0.15, 0.2) is 0 Å². The van der Waals surface area contributed by atoms with Gasteiger partial charge in [0.2, 0.25) is 0 Å². The third-order valence-corrected chi connectivity index (χ3v) is 5.61. The Balaban J connectivity index is 1.53. The lowest BCUT2D eigenvalue weighted by atomic mass is 10.1. The molecule has 0 saturated carbocycles. The number of anilines is 1. The third kappa shape index (κ3) is 4.95. The smallest absolute Gasteiger partial charge is 0.254 e. The van der Waals surface area contributed by atoms with E-state index in [0.29, 0.717) is 18.7 Å². The van der Waals surface area contributed by atoms with Crippen molar-refractivity contribution in [1.82, 2.24) is 9.88 Å². The van der Waals surface area contributed by atoms with Gasteiger partial charge in [-0.1, -0.05) is 6.07 Å². The highest BCUT2D eigenvalue weighted by atomic mass is 16.5. The lowest BCUT2D eigenvalue weighted by molar-refractivity contribution is 0.0504. The van der Waals surface area contributed by atoms with Crippen molar-refractivity contribution < 1.29 is 14.3 Å². The van der Waals surface area contributed by atoms with Crippen molar-refractivity contribution in [2.24, 2.45) is 0 Å². The molecule has 1 aromatic carbocycles. The van der Waals surface area contributed by atoms with Crippen LogP contribution in [0.4, 0.5) is 5.69 Å². The second-order valence-corrected chi connectivity index (χ2v) is 7.74. The minimum Gasteiger partial charge on any atom is -0.378 e. The predicted octanol–water partition coefficient (Wildman–Crippen LogP) is 3.05. The number of amides is 1. The summed E-state index contributed by atoms with van der Waals surface area (Å²) >= 11 is 0. The van der Waals surface area contributed by atoms with E-state index in [1.807, 2.05) is 35.2 Å². The van der Waals surface area contributed by atoms with Gasteiger partial charge >= 0.3 is 0 Å². The Morgan fingerprint density at radius 2 is 2.07 bits per heavy atom. The minimum absolute atomic E-state index is 0.0304. The third-order valence-electron chi connectivity index (χ3n) is 5.61. The zero-order valence-corrected chi connectivity index (χ0v) is 17.0. The summed E-state index contributed by atoms with van der Waals surface area (Å²) in [6.07, 6.45) is 3.94. The summed E-state index contributed by atoms with van der Waals surface area (Å²) in [4.78, 5) is 22.0. The highest BCUT2D eigenvalue weighted by molar-refractivity contribution is 5.95. The van der Waals surface area contributed by atoms with Crippen molar-refractivity contribution in [3.8, 4) is 0 Å². The van der Waals surface area contributed by atoms with Gasteiger partial charge in [0.25, 0.3) is 5.91 Å². The molecule has 1 aromatic heterocycles. The number of hydrogen-bond acceptors (Lipinski definition) is 5. The van der Waals surface area contributed by atoms with Crippen LogP contribution in [0.5, 0.6) is 0 Å². The van der Waals surface area contributed by atoms with E-state index in [0.717, 1.165) is 57.0 Å². The molecule has 6 heteroatoms. The Labute approximate surface area is 172 Å². The number of benzene rings is 1. The first-order valence-electron chi connectivity index (χ1n) is 10.4. The number of aryl methyl sites for hydroxylation is 1. The summed E-state index contributed by atoms with van der Waals surface area (Å²) in [5.74, 6) is 0.0304. The van der Waals surface area contributed by atoms with Crippen LogP contribution in [-0.4, -0.2) is 61.3 Å². The molecule has 1 atom stereocenters. The fraction of sp³-hybridized carbons (Fsp3) is 0.478. The van der Waals surface area contributed by atoms with E-state index in [2.05, 4.69) is 22.9 Å². The number of ether oxygens (including phenoxy) is 2. The van der Waals surface area contributed by atoms with E-state index in [1.165, 1.54) is 5.69 Å². The van der Waals surface area contributed by atoms with Crippen molar-refractivity contribution >= 4 is 11.6 Å². The Kier molecular flexibility index (Phi) is 6.42. The maximum absolute atomic E-state index is 13.4. The van der Waals surface area contributed by atoms with E-state index in [4.69, 9.17) is 9.47 Å². The van der Waals surface area contributed by atoms with Crippen molar-refractivity contribution in [2.75, 3.05) is 44.4 Å². The number of aromatic nitrogens is 1. The monoisotopic (exact) mass is 395 g/mol. The van der Waals surface area contributed by atoms with Gasteiger partial charge in [0, 0.05) is 43.7 Å². The summed E-state index contributed by atoms with van der Waals surface area (Å²) in [7, 11) is 0. The van der Waals surface area contributed by atoms with Crippen molar-refractivity contribution in [2.45, 2.75) is 32.4 Å². The largest absolute Gasteiger partial charge is 0.378 e. The highest BCUT2D eigenvalue weighted by Gasteiger charge is 2.24. The topological polar surface area (TPSA) is 54.9 Å². The lowest BCUT2D eigenvalue weighted by Gasteiger charge is -2.30. The summed E-state index contributed by atoms with van der Waals surface area (Å²) in [6.45, 7) is 7.22. The lowest BCUT2D eigenvalue weighted by Crippen LogP contribution is -2.38. The van der Waals surface area contributed by atoms with Crippen molar-refractivity contribution in [3.05, 3.63) is 59.4 Å². The van der Waals surface area contributed by atoms with Crippen molar-refractivity contribution in [3.63, 3.8) is 0 Å². The van der Waals surface area contributed by atoms with Crippen LogP contribution in [0.2, 0.25) is 0 Å². The molecule has 4 rings (SSSR count). The van der Waals surface area contributed by atoms with Gasteiger partial charge in [-0.05, 0) is 55.7 Å². The molecule has 0 radical (unpaired) electrons. The second-order valence-electron chi connectivity index (χ2n) is 7.74. The predicted molar refractivity (Wildman–Crippen MR) is 112 cm³/mol. The van der Waals surface area contributed by atoms with Crippen LogP contribution in [0.3, 0.4) is 0 Å². The standard InChI is InChI=1S/C23H29N3O3/c1-18-15-19(7-8-22(18)25-10-13-28-14-11-25)23(27)26(17-21-6-4-12-29-21)16-20-5-2-3-9-24-20/h2-3,5,7-9,15,21H,4,6,10-14,16-17H2,1H3. The zero-order chi connectivity index (χ0) is 20.1.